The maximum atomic E-state index is 11.7. The van der Waals surface area contributed by atoms with Gasteiger partial charge >= 0.3 is 0 Å². The Hall–Kier alpha value is -0.870. The Bertz CT molecular complexity index is 249. The van der Waals surface area contributed by atoms with Gasteiger partial charge in [-0.25, -0.2) is 0 Å². The van der Waals surface area contributed by atoms with Crippen molar-refractivity contribution in [1.82, 2.24) is 15.5 Å². The molecule has 1 saturated heterocycles. The van der Waals surface area contributed by atoms with Crippen LogP contribution in [-0.4, -0.2) is 50.1 Å². The van der Waals surface area contributed by atoms with Gasteiger partial charge in [0.2, 0.25) is 5.91 Å². The van der Waals surface area contributed by atoms with Crippen LogP contribution in [0.1, 0.15) is 26.2 Å². The fourth-order valence-corrected chi connectivity index (χ4v) is 2.44. The Kier molecular flexibility index (Phi) is 7.69. The molecule has 0 spiro atoms. The lowest BCUT2D eigenvalue weighted by Crippen LogP contribution is -2.43. The number of piperidine rings is 1. The van der Waals surface area contributed by atoms with Gasteiger partial charge in [0.05, 0.1) is 6.54 Å². The number of amides is 1. The average Bonchev–Trinajstić information content (AvgIpc) is 2.38. The van der Waals surface area contributed by atoms with Crippen molar-refractivity contribution in [2.75, 3.05) is 39.3 Å². The summed E-state index contributed by atoms with van der Waals surface area (Å²) in [5.74, 6) is 0.796. The van der Waals surface area contributed by atoms with Gasteiger partial charge in [-0.05, 0) is 44.8 Å². The van der Waals surface area contributed by atoms with Gasteiger partial charge < -0.3 is 10.6 Å². The second-order valence-corrected chi connectivity index (χ2v) is 5.04. The Labute approximate surface area is 111 Å². The standard InChI is InChI=1S/C14H27N3O/c1-3-7-16-14(18)12-17(9-4-2)11-13-6-5-8-15-10-13/h3,13,15H,1,4-12H2,2H3,(H,16,18). The van der Waals surface area contributed by atoms with Gasteiger partial charge in [0.25, 0.3) is 0 Å². The normalized spacial score (nSPS) is 19.8. The first-order valence-corrected chi connectivity index (χ1v) is 7.07. The molecule has 1 atom stereocenters. The third kappa shape index (κ3) is 6.17. The predicted octanol–water partition coefficient (Wildman–Crippen LogP) is 1.00. The molecule has 1 aliphatic rings. The molecule has 18 heavy (non-hydrogen) atoms. The van der Waals surface area contributed by atoms with Crippen LogP contribution in [0.15, 0.2) is 12.7 Å². The van der Waals surface area contributed by atoms with E-state index in [-0.39, 0.29) is 5.91 Å². The zero-order chi connectivity index (χ0) is 13.2. The van der Waals surface area contributed by atoms with Gasteiger partial charge in [-0.1, -0.05) is 13.0 Å². The SMILES string of the molecule is C=CCNC(=O)CN(CCC)CC1CCCNC1. The summed E-state index contributed by atoms with van der Waals surface area (Å²) in [6, 6.07) is 0. The first-order valence-electron chi connectivity index (χ1n) is 7.07. The molecule has 0 aliphatic carbocycles. The molecule has 4 nitrogen and oxygen atoms in total. The van der Waals surface area contributed by atoms with Gasteiger partial charge in [-0.3, -0.25) is 9.69 Å². The van der Waals surface area contributed by atoms with E-state index in [0.717, 1.165) is 32.6 Å². The molecule has 0 radical (unpaired) electrons. The van der Waals surface area contributed by atoms with Gasteiger partial charge in [-0.15, -0.1) is 6.58 Å². The van der Waals surface area contributed by atoms with E-state index in [1.54, 1.807) is 6.08 Å². The van der Waals surface area contributed by atoms with Crippen molar-refractivity contribution < 1.29 is 4.79 Å². The van der Waals surface area contributed by atoms with Crippen LogP contribution in [-0.2, 0) is 4.79 Å². The fourth-order valence-electron chi connectivity index (χ4n) is 2.44. The highest BCUT2D eigenvalue weighted by Crippen LogP contribution is 2.11. The van der Waals surface area contributed by atoms with Crippen LogP contribution in [0.25, 0.3) is 0 Å². The predicted molar refractivity (Wildman–Crippen MR) is 75.5 cm³/mol. The molecule has 2 N–H and O–H groups in total. The second kappa shape index (κ2) is 9.11. The van der Waals surface area contributed by atoms with Crippen LogP contribution in [0.4, 0.5) is 0 Å². The Morgan fingerprint density at radius 2 is 2.44 bits per heavy atom. The van der Waals surface area contributed by atoms with Crippen LogP contribution in [0, 0.1) is 5.92 Å². The maximum Gasteiger partial charge on any atom is 0.234 e. The lowest BCUT2D eigenvalue weighted by molar-refractivity contribution is -0.122. The molecule has 104 valence electrons. The summed E-state index contributed by atoms with van der Waals surface area (Å²) in [7, 11) is 0. The lowest BCUT2D eigenvalue weighted by Gasteiger charge is -2.29. The molecule has 0 bridgehead atoms. The maximum absolute atomic E-state index is 11.7. The van der Waals surface area contributed by atoms with Gasteiger partial charge in [-0.2, -0.15) is 0 Å². The van der Waals surface area contributed by atoms with E-state index >= 15 is 0 Å². The number of carbonyl (C=O) groups is 1. The zero-order valence-electron chi connectivity index (χ0n) is 11.6. The summed E-state index contributed by atoms with van der Waals surface area (Å²) in [4.78, 5) is 14.0. The summed E-state index contributed by atoms with van der Waals surface area (Å²) >= 11 is 0. The monoisotopic (exact) mass is 253 g/mol. The molecule has 1 unspecified atom stereocenters. The van der Waals surface area contributed by atoms with E-state index in [1.807, 2.05) is 0 Å². The molecule has 1 heterocycles. The Morgan fingerprint density at radius 1 is 1.61 bits per heavy atom. The molecule has 1 aliphatic heterocycles. The number of hydrogen-bond donors (Lipinski definition) is 2. The third-order valence-electron chi connectivity index (χ3n) is 3.27. The first-order chi connectivity index (χ1) is 8.76. The van der Waals surface area contributed by atoms with Crippen molar-refractivity contribution >= 4 is 5.91 Å². The quantitative estimate of drug-likeness (QED) is 0.634. The molecule has 0 aromatic heterocycles. The Balaban J connectivity index is 2.32. The van der Waals surface area contributed by atoms with Gasteiger partial charge in [0.15, 0.2) is 0 Å². The van der Waals surface area contributed by atoms with E-state index in [4.69, 9.17) is 0 Å². The fraction of sp³-hybridized carbons (Fsp3) is 0.786. The summed E-state index contributed by atoms with van der Waals surface area (Å²) in [6.07, 6.45) is 5.34. The van der Waals surface area contributed by atoms with Crippen LogP contribution >= 0.6 is 0 Å². The van der Waals surface area contributed by atoms with E-state index in [1.165, 1.54) is 12.8 Å². The Morgan fingerprint density at radius 3 is 3.06 bits per heavy atom. The van der Waals surface area contributed by atoms with Crippen LogP contribution in [0.5, 0.6) is 0 Å². The molecule has 1 rings (SSSR count). The summed E-state index contributed by atoms with van der Waals surface area (Å²) in [5, 5.41) is 6.27. The minimum atomic E-state index is 0.104. The molecular formula is C14H27N3O. The first kappa shape index (κ1) is 15.2. The van der Waals surface area contributed by atoms with Crippen molar-refractivity contribution in [2.45, 2.75) is 26.2 Å². The van der Waals surface area contributed by atoms with Crippen molar-refractivity contribution in [3.63, 3.8) is 0 Å². The largest absolute Gasteiger partial charge is 0.352 e. The minimum absolute atomic E-state index is 0.104. The van der Waals surface area contributed by atoms with E-state index in [9.17, 15) is 4.79 Å². The molecule has 0 saturated carbocycles. The number of nitrogens with one attached hydrogen (secondary N) is 2. The van der Waals surface area contributed by atoms with Crippen molar-refractivity contribution in [3.05, 3.63) is 12.7 Å². The summed E-state index contributed by atoms with van der Waals surface area (Å²) in [5.41, 5.74) is 0. The molecule has 0 aromatic rings. The highest BCUT2D eigenvalue weighted by Gasteiger charge is 2.18. The van der Waals surface area contributed by atoms with E-state index < -0.39 is 0 Å². The van der Waals surface area contributed by atoms with Crippen molar-refractivity contribution in [3.8, 4) is 0 Å². The topological polar surface area (TPSA) is 44.4 Å². The number of nitrogens with zero attached hydrogens (tertiary/aromatic N) is 1. The van der Waals surface area contributed by atoms with Crippen LogP contribution < -0.4 is 10.6 Å². The van der Waals surface area contributed by atoms with Crippen molar-refractivity contribution in [2.24, 2.45) is 5.92 Å². The molecule has 1 fully saturated rings. The molecule has 0 aromatic carbocycles. The van der Waals surface area contributed by atoms with Gasteiger partial charge in [0, 0.05) is 13.1 Å². The smallest absolute Gasteiger partial charge is 0.234 e. The molecular weight excluding hydrogens is 226 g/mol. The summed E-state index contributed by atoms with van der Waals surface area (Å²) in [6.45, 7) is 11.1. The number of rotatable bonds is 8. The number of hydrogen-bond acceptors (Lipinski definition) is 3. The summed E-state index contributed by atoms with van der Waals surface area (Å²) < 4.78 is 0. The van der Waals surface area contributed by atoms with Crippen LogP contribution in [0.3, 0.4) is 0 Å². The van der Waals surface area contributed by atoms with Crippen LogP contribution in [0.2, 0.25) is 0 Å². The lowest BCUT2D eigenvalue weighted by atomic mass is 9.99. The average molecular weight is 253 g/mol. The second-order valence-electron chi connectivity index (χ2n) is 5.04. The highest BCUT2D eigenvalue weighted by atomic mass is 16.2. The van der Waals surface area contributed by atoms with Crippen molar-refractivity contribution in [1.29, 1.82) is 0 Å². The molecule has 1 amide bonds. The minimum Gasteiger partial charge on any atom is -0.352 e. The molecule has 4 heteroatoms. The van der Waals surface area contributed by atoms with Gasteiger partial charge in [0.1, 0.15) is 0 Å². The zero-order valence-corrected chi connectivity index (χ0v) is 11.6. The highest BCUT2D eigenvalue weighted by molar-refractivity contribution is 5.78. The van der Waals surface area contributed by atoms with E-state index in [0.29, 0.717) is 19.0 Å². The van der Waals surface area contributed by atoms with E-state index in [2.05, 4.69) is 29.0 Å². The third-order valence-corrected chi connectivity index (χ3v) is 3.27. The number of carbonyl (C=O) groups excluding carboxylic acids is 1.